The van der Waals surface area contributed by atoms with Gasteiger partial charge in [-0.25, -0.2) is 4.98 Å². The lowest BCUT2D eigenvalue weighted by molar-refractivity contribution is -0.154. The van der Waals surface area contributed by atoms with Gasteiger partial charge in [-0.3, -0.25) is 4.79 Å². The molecule has 7 nitrogen and oxygen atoms in total. The number of carboxylic acid groups (broad SMARTS) is 1. The number of halogens is 4. The van der Waals surface area contributed by atoms with Gasteiger partial charge in [0.1, 0.15) is 5.02 Å². The van der Waals surface area contributed by atoms with Gasteiger partial charge < -0.3 is 14.4 Å². The summed E-state index contributed by atoms with van der Waals surface area (Å²) in [4.78, 5) is 19.3. The normalized spacial score (nSPS) is 15.6. The summed E-state index contributed by atoms with van der Waals surface area (Å²) in [5.74, 6) is -0.759. The lowest BCUT2D eigenvalue weighted by Gasteiger charge is -2.11. The van der Waals surface area contributed by atoms with Gasteiger partial charge in [0.2, 0.25) is 11.7 Å². The molecule has 0 spiro atoms. The molecule has 0 radical (unpaired) electrons. The Balaban J connectivity index is 1.57. The zero-order valence-electron chi connectivity index (χ0n) is 16.7. The summed E-state index contributed by atoms with van der Waals surface area (Å²) in [5, 5.41) is 13.0. The molecule has 1 aliphatic rings. The second-order valence-corrected chi connectivity index (χ2v) is 7.88. The maximum Gasteiger partial charge on any atom is 0.422 e. The smallest absolute Gasteiger partial charge is 0.422 e. The minimum Gasteiger partial charge on any atom is -0.481 e. The molecule has 1 aromatic carbocycles. The summed E-state index contributed by atoms with van der Waals surface area (Å²) in [6, 6.07) is 5.07. The quantitative estimate of drug-likeness (QED) is 0.531. The molecule has 4 rings (SSSR count). The fourth-order valence-electron chi connectivity index (χ4n) is 3.88. The van der Waals surface area contributed by atoms with Crippen LogP contribution in [0.2, 0.25) is 5.02 Å². The number of fused-ring (bicyclic) bond motifs is 1. The van der Waals surface area contributed by atoms with Crippen LogP contribution in [0.5, 0.6) is 5.88 Å². The van der Waals surface area contributed by atoms with Crippen LogP contribution in [-0.2, 0) is 11.2 Å². The van der Waals surface area contributed by atoms with E-state index in [-0.39, 0.29) is 29.1 Å². The van der Waals surface area contributed by atoms with Crippen molar-refractivity contribution in [2.24, 2.45) is 0 Å². The predicted octanol–water partition coefficient (Wildman–Crippen LogP) is 5.21. The van der Waals surface area contributed by atoms with Crippen molar-refractivity contribution in [3.8, 4) is 28.7 Å². The van der Waals surface area contributed by atoms with Crippen molar-refractivity contribution in [3.63, 3.8) is 0 Å². The third-order valence-electron chi connectivity index (χ3n) is 5.33. The number of rotatable bonds is 6. The van der Waals surface area contributed by atoms with Crippen LogP contribution in [0, 0.1) is 6.92 Å². The van der Waals surface area contributed by atoms with Crippen LogP contribution in [0.1, 0.15) is 35.4 Å². The number of aromatic nitrogens is 3. The van der Waals surface area contributed by atoms with E-state index >= 15 is 0 Å². The molecule has 0 aliphatic heterocycles. The van der Waals surface area contributed by atoms with Crippen LogP contribution < -0.4 is 4.74 Å². The third kappa shape index (κ3) is 4.55. The lowest BCUT2D eigenvalue weighted by Crippen LogP contribution is -2.19. The summed E-state index contributed by atoms with van der Waals surface area (Å²) in [5.41, 5.74) is 4.15. The second-order valence-electron chi connectivity index (χ2n) is 7.48. The van der Waals surface area contributed by atoms with Crippen LogP contribution >= 0.6 is 11.6 Å². The molecule has 11 heteroatoms. The fourth-order valence-corrected chi connectivity index (χ4v) is 4.10. The van der Waals surface area contributed by atoms with Crippen molar-refractivity contribution in [1.29, 1.82) is 0 Å². The van der Waals surface area contributed by atoms with Crippen LogP contribution in [-0.4, -0.2) is 39.0 Å². The van der Waals surface area contributed by atoms with E-state index in [1.807, 2.05) is 19.1 Å². The van der Waals surface area contributed by atoms with Crippen LogP contribution in [0.25, 0.3) is 22.8 Å². The number of benzene rings is 1. The monoisotopic (exact) mass is 467 g/mol. The van der Waals surface area contributed by atoms with Crippen molar-refractivity contribution < 1.29 is 32.3 Å². The van der Waals surface area contributed by atoms with Crippen LogP contribution in [0.15, 0.2) is 28.9 Å². The molecule has 0 unspecified atom stereocenters. The predicted molar refractivity (Wildman–Crippen MR) is 108 cm³/mol. The van der Waals surface area contributed by atoms with Crippen molar-refractivity contribution in [3.05, 3.63) is 46.1 Å². The van der Waals surface area contributed by atoms with Crippen LogP contribution in [0.4, 0.5) is 13.2 Å². The molecule has 0 saturated carbocycles. The molecule has 2 heterocycles. The molecule has 3 aromatic rings. The zero-order valence-corrected chi connectivity index (χ0v) is 17.5. The minimum atomic E-state index is -4.51. The van der Waals surface area contributed by atoms with Crippen LogP contribution in [0.3, 0.4) is 0 Å². The summed E-state index contributed by atoms with van der Waals surface area (Å²) < 4.78 is 46.8. The van der Waals surface area contributed by atoms with Gasteiger partial charge in [-0.2, -0.15) is 18.2 Å². The summed E-state index contributed by atoms with van der Waals surface area (Å²) in [7, 11) is 0. The van der Waals surface area contributed by atoms with E-state index in [1.54, 1.807) is 0 Å². The van der Waals surface area contributed by atoms with Crippen molar-refractivity contribution in [2.45, 2.75) is 38.3 Å². The largest absolute Gasteiger partial charge is 0.481 e. The number of hydrogen-bond acceptors (Lipinski definition) is 6. The first-order chi connectivity index (χ1) is 15.1. The SMILES string of the molecule is Cc1c(-c2noc(-c3cnc(OCC(F)(F)F)c(Cl)c3)n2)ccc2c1CC[C@@H]2CC(=O)O. The van der Waals surface area contributed by atoms with E-state index in [9.17, 15) is 18.0 Å². The number of pyridine rings is 1. The number of carboxylic acids is 1. The van der Waals surface area contributed by atoms with Gasteiger partial charge >= 0.3 is 12.1 Å². The molecule has 1 atom stereocenters. The maximum atomic E-state index is 12.3. The lowest BCUT2D eigenvalue weighted by atomic mass is 9.93. The van der Waals surface area contributed by atoms with E-state index in [1.165, 1.54) is 12.3 Å². The minimum absolute atomic E-state index is 0.0117. The highest BCUT2D eigenvalue weighted by Gasteiger charge is 2.30. The number of alkyl halides is 3. The van der Waals surface area contributed by atoms with Crippen molar-refractivity contribution in [2.75, 3.05) is 6.61 Å². The molecule has 2 aromatic heterocycles. The van der Waals surface area contributed by atoms with Crippen molar-refractivity contribution in [1.82, 2.24) is 15.1 Å². The molecular weight excluding hydrogens is 451 g/mol. The Morgan fingerprint density at radius 2 is 2.16 bits per heavy atom. The number of ether oxygens (including phenoxy) is 1. The topological polar surface area (TPSA) is 98.3 Å². The molecule has 1 N–H and O–H groups in total. The molecule has 168 valence electrons. The van der Waals surface area contributed by atoms with E-state index in [2.05, 4.69) is 19.9 Å². The van der Waals surface area contributed by atoms with E-state index in [0.29, 0.717) is 11.4 Å². The van der Waals surface area contributed by atoms with Gasteiger partial charge in [0.25, 0.3) is 5.89 Å². The molecular formula is C21H17ClF3N3O4. The van der Waals surface area contributed by atoms with Crippen molar-refractivity contribution >= 4 is 17.6 Å². The Hall–Kier alpha value is -3.14. The first-order valence-electron chi connectivity index (χ1n) is 9.66. The molecule has 0 bridgehead atoms. The summed E-state index contributed by atoms with van der Waals surface area (Å²) >= 11 is 5.98. The summed E-state index contributed by atoms with van der Waals surface area (Å²) in [6.45, 7) is 0.424. The highest BCUT2D eigenvalue weighted by molar-refractivity contribution is 6.32. The molecule has 1 aliphatic carbocycles. The molecule has 0 saturated heterocycles. The van der Waals surface area contributed by atoms with Gasteiger partial charge in [-0.15, -0.1) is 0 Å². The standard InChI is InChI=1S/C21H17ClF3N3O4/c1-10-13-3-2-11(7-17(29)30)15(13)5-4-14(10)18-27-19(32-28-18)12-6-16(22)20(26-8-12)31-9-21(23,24)25/h4-6,8,11H,2-3,7,9H2,1H3,(H,29,30)/t11-/m1/s1. The maximum absolute atomic E-state index is 12.3. The third-order valence-corrected chi connectivity index (χ3v) is 5.60. The highest BCUT2D eigenvalue weighted by Crippen LogP contribution is 2.40. The summed E-state index contributed by atoms with van der Waals surface area (Å²) in [6.07, 6.45) is -1.63. The first-order valence-corrected chi connectivity index (χ1v) is 10.0. The Bertz CT molecular complexity index is 1180. The van der Waals surface area contributed by atoms with Gasteiger partial charge in [-0.1, -0.05) is 28.9 Å². The Kier molecular flexibility index (Phi) is 5.81. The van der Waals surface area contributed by atoms with Gasteiger partial charge in [-0.05, 0) is 48.4 Å². The zero-order chi connectivity index (χ0) is 23.0. The van der Waals surface area contributed by atoms with E-state index in [0.717, 1.165) is 35.1 Å². The number of carbonyl (C=O) groups is 1. The Morgan fingerprint density at radius 3 is 2.84 bits per heavy atom. The number of aliphatic carboxylic acids is 1. The van der Waals surface area contributed by atoms with Gasteiger partial charge in [0.15, 0.2) is 6.61 Å². The first kappa shape index (κ1) is 22.1. The molecule has 0 amide bonds. The Labute approximate surface area is 185 Å². The Morgan fingerprint density at radius 1 is 1.38 bits per heavy atom. The molecule has 0 fully saturated rings. The number of hydrogen-bond donors (Lipinski definition) is 1. The average molecular weight is 468 g/mol. The second kappa shape index (κ2) is 8.42. The number of nitrogens with zero attached hydrogens (tertiary/aromatic N) is 3. The van der Waals surface area contributed by atoms with E-state index in [4.69, 9.17) is 21.2 Å². The van der Waals surface area contributed by atoms with E-state index < -0.39 is 18.8 Å². The van der Waals surface area contributed by atoms with Gasteiger partial charge in [0.05, 0.1) is 12.0 Å². The molecule has 32 heavy (non-hydrogen) atoms. The fraction of sp³-hybridized carbons (Fsp3) is 0.333. The highest BCUT2D eigenvalue weighted by atomic mass is 35.5. The van der Waals surface area contributed by atoms with Gasteiger partial charge in [0, 0.05) is 11.8 Å². The average Bonchev–Trinajstić information content (AvgIpc) is 3.34.